The first kappa shape index (κ1) is 20.1. The van der Waals surface area contributed by atoms with E-state index in [0.29, 0.717) is 30.3 Å². The van der Waals surface area contributed by atoms with E-state index in [0.717, 1.165) is 11.8 Å². The molecule has 140 valence electrons. The summed E-state index contributed by atoms with van der Waals surface area (Å²) >= 11 is 3.15. The molecule has 1 aliphatic rings. The lowest BCUT2D eigenvalue weighted by Crippen LogP contribution is -2.57. The van der Waals surface area contributed by atoms with E-state index in [2.05, 4.69) is 20.7 Å². The minimum Gasteiger partial charge on any atom is -0.450 e. The number of amides is 1. The molecule has 0 spiro atoms. The maximum Gasteiger partial charge on any atom is 0.410 e. The number of sulfonamides is 1. The van der Waals surface area contributed by atoms with Gasteiger partial charge in [-0.1, -0.05) is 6.07 Å². The highest BCUT2D eigenvalue weighted by Crippen LogP contribution is 2.25. The summed E-state index contributed by atoms with van der Waals surface area (Å²) in [5.74, 6) is -0.375. The third kappa shape index (κ3) is 5.65. The smallest absolute Gasteiger partial charge is 0.410 e. The summed E-state index contributed by atoms with van der Waals surface area (Å²) in [4.78, 5) is 13.9. The Morgan fingerprint density at radius 2 is 2.20 bits per heavy atom. The number of benzene rings is 1. The van der Waals surface area contributed by atoms with Gasteiger partial charge in [-0.2, -0.15) is 0 Å². The van der Waals surface area contributed by atoms with E-state index in [4.69, 9.17) is 4.74 Å². The number of nitrogens with zero attached hydrogens (tertiary/aromatic N) is 1. The van der Waals surface area contributed by atoms with Gasteiger partial charge in [0.1, 0.15) is 5.82 Å². The average Bonchev–Trinajstić information content (AvgIpc) is 2.51. The fourth-order valence-electron chi connectivity index (χ4n) is 3.06. The third-order valence-electron chi connectivity index (χ3n) is 4.08. The topological polar surface area (TPSA) is 75.7 Å². The summed E-state index contributed by atoms with van der Waals surface area (Å²) in [5.41, 5.74) is 0.801. The Hall–Kier alpha value is -1.19. The molecule has 0 unspecified atom stereocenters. The molecule has 2 rings (SSSR count). The fraction of sp³-hybridized carbons (Fsp3) is 0.562. The summed E-state index contributed by atoms with van der Waals surface area (Å²) in [6.45, 7) is 2.46. The van der Waals surface area contributed by atoms with E-state index >= 15 is 0 Å². The highest BCUT2D eigenvalue weighted by molar-refractivity contribution is 9.10. The van der Waals surface area contributed by atoms with Crippen LogP contribution in [0.3, 0.4) is 0 Å². The van der Waals surface area contributed by atoms with Crippen molar-refractivity contribution in [2.75, 3.05) is 19.4 Å². The minimum atomic E-state index is -3.42. The van der Waals surface area contributed by atoms with E-state index < -0.39 is 28.2 Å². The predicted octanol–water partition coefficient (Wildman–Crippen LogP) is 2.67. The van der Waals surface area contributed by atoms with E-state index in [1.807, 2.05) is 0 Å². The highest BCUT2D eigenvalue weighted by atomic mass is 79.9. The number of carbonyl (C=O) groups is 1. The monoisotopic (exact) mass is 436 g/mol. The van der Waals surface area contributed by atoms with Crippen molar-refractivity contribution in [3.8, 4) is 0 Å². The van der Waals surface area contributed by atoms with Crippen molar-refractivity contribution < 1.29 is 22.3 Å². The molecule has 1 N–H and O–H groups in total. The second-order valence-corrected chi connectivity index (χ2v) is 8.69. The maximum atomic E-state index is 13.5. The van der Waals surface area contributed by atoms with Gasteiger partial charge in [-0.25, -0.2) is 22.3 Å². The number of carbonyl (C=O) groups excluding carboxylic acids is 1. The standard InChI is InChI=1S/C16H22BrFN2O4S/c1-3-24-16(21)20-8-4-5-14(19-25(2,22)23)15(20)10-11-6-7-13(18)12(17)9-11/h6-7,9,14-15,19H,3-5,8,10H2,1-2H3/t14-,15-/m0/s1. The van der Waals surface area contributed by atoms with Gasteiger partial charge >= 0.3 is 6.09 Å². The van der Waals surface area contributed by atoms with Crippen LogP contribution in [0, 0.1) is 5.82 Å². The maximum absolute atomic E-state index is 13.5. The molecule has 0 aromatic heterocycles. The van der Waals surface area contributed by atoms with Crippen LogP contribution < -0.4 is 4.72 Å². The Kier molecular flexibility index (Phi) is 6.81. The second-order valence-electron chi connectivity index (χ2n) is 6.05. The summed E-state index contributed by atoms with van der Waals surface area (Å²) in [6.07, 6.45) is 2.33. The molecule has 1 heterocycles. The molecule has 25 heavy (non-hydrogen) atoms. The molecular weight excluding hydrogens is 415 g/mol. The zero-order valence-corrected chi connectivity index (χ0v) is 16.6. The van der Waals surface area contributed by atoms with Gasteiger partial charge in [0.15, 0.2) is 0 Å². The molecule has 1 saturated heterocycles. The van der Waals surface area contributed by atoms with Crippen molar-refractivity contribution in [3.05, 3.63) is 34.1 Å². The predicted molar refractivity (Wildman–Crippen MR) is 96.3 cm³/mol. The molecule has 1 aromatic carbocycles. The molecule has 1 aliphatic heterocycles. The Balaban J connectivity index is 2.29. The van der Waals surface area contributed by atoms with E-state index in [-0.39, 0.29) is 12.4 Å². The molecule has 1 aromatic rings. The summed E-state index contributed by atoms with van der Waals surface area (Å²) < 4.78 is 44.9. The van der Waals surface area contributed by atoms with Gasteiger partial charge in [0.2, 0.25) is 10.0 Å². The van der Waals surface area contributed by atoms with Crippen LogP contribution in [0.4, 0.5) is 9.18 Å². The quantitative estimate of drug-likeness (QED) is 0.769. The van der Waals surface area contributed by atoms with E-state index in [9.17, 15) is 17.6 Å². The van der Waals surface area contributed by atoms with Crippen LogP contribution in [0.15, 0.2) is 22.7 Å². The van der Waals surface area contributed by atoms with Crippen LogP contribution in [0.25, 0.3) is 0 Å². The lowest BCUT2D eigenvalue weighted by atomic mass is 9.92. The van der Waals surface area contributed by atoms with Crippen molar-refractivity contribution in [1.29, 1.82) is 0 Å². The van der Waals surface area contributed by atoms with Crippen molar-refractivity contribution in [3.63, 3.8) is 0 Å². The number of nitrogens with one attached hydrogen (secondary N) is 1. The number of piperidine rings is 1. The first-order valence-corrected chi connectivity index (χ1v) is 10.7. The van der Waals surface area contributed by atoms with E-state index in [1.165, 1.54) is 6.07 Å². The van der Waals surface area contributed by atoms with Gasteiger partial charge in [0.25, 0.3) is 0 Å². The largest absolute Gasteiger partial charge is 0.450 e. The number of hydrogen-bond donors (Lipinski definition) is 1. The Bertz CT molecular complexity index is 729. The number of halogens is 2. The first-order chi connectivity index (χ1) is 11.7. The Morgan fingerprint density at radius 1 is 1.48 bits per heavy atom. The van der Waals surface area contributed by atoms with Crippen molar-refractivity contribution in [2.45, 2.75) is 38.3 Å². The fourth-order valence-corrected chi connectivity index (χ4v) is 4.31. The van der Waals surface area contributed by atoms with Crippen LogP contribution in [0.2, 0.25) is 0 Å². The summed E-state index contributed by atoms with van der Waals surface area (Å²) in [7, 11) is -3.42. The SMILES string of the molecule is CCOC(=O)N1CCC[C@H](NS(C)(=O)=O)[C@@H]1Cc1ccc(F)c(Br)c1. The van der Waals surface area contributed by atoms with Gasteiger partial charge in [-0.05, 0) is 59.8 Å². The molecule has 0 saturated carbocycles. The summed E-state index contributed by atoms with van der Waals surface area (Å²) in [5, 5.41) is 0. The number of likely N-dealkylation sites (tertiary alicyclic amines) is 1. The average molecular weight is 437 g/mol. The molecular formula is C16H22BrFN2O4S. The van der Waals surface area contributed by atoms with Gasteiger partial charge < -0.3 is 9.64 Å². The van der Waals surface area contributed by atoms with Gasteiger partial charge in [-0.15, -0.1) is 0 Å². The first-order valence-electron chi connectivity index (χ1n) is 8.06. The lowest BCUT2D eigenvalue weighted by molar-refractivity contribution is 0.0678. The number of hydrogen-bond acceptors (Lipinski definition) is 4. The van der Waals surface area contributed by atoms with Crippen LogP contribution in [0.1, 0.15) is 25.3 Å². The van der Waals surface area contributed by atoms with Gasteiger partial charge in [-0.3, -0.25) is 0 Å². The molecule has 9 heteroatoms. The molecule has 0 aliphatic carbocycles. The Labute approximate surface area is 155 Å². The van der Waals surface area contributed by atoms with Crippen molar-refractivity contribution >= 4 is 32.0 Å². The summed E-state index contributed by atoms with van der Waals surface area (Å²) in [6, 6.07) is 3.80. The zero-order chi connectivity index (χ0) is 18.6. The molecule has 6 nitrogen and oxygen atoms in total. The highest BCUT2D eigenvalue weighted by Gasteiger charge is 2.36. The molecule has 0 radical (unpaired) electrons. The van der Waals surface area contributed by atoms with Crippen LogP contribution in [0.5, 0.6) is 0 Å². The minimum absolute atomic E-state index is 0.244. The zero-order valence-electron chi connectivity index (χ0n) is 14.2. The molecule has 1 fully saturated rings. The lowest BCUT2D eigenvalue weighted by Gasteiger charge is -2.40. The number of rotatable bonds is 5. The van der Waals surface area contributed by atoms with E-state index in [1.54, 1.807) is 24.0 Å². The molecule has 2 atom stereocenters. The van der Waals surface area contributed by atoms with Crippen LogP contribution >= 0.6 is 15.9 Å². The van der Waals surface area contributed by atoms with Crippen molar-refractivity contribution in [2.24, 2.45) is 0 Å². The molecule has 0 bridgehead atoms. The van der Waals surface area contributed by atoms with Gasteiger partial charge in [0.05, 0.1) is 23.4 Å². The second kappa shape index (κ2) is 8.46. The van der Waals surface area contributed by atoms with Crippen molar-refractivity contribution in [1.82, 2.24) is 9.62 Å². The third-order valence-corrected chi connectivity index (χ3v) is 5.41. The number of ether oxygens (including phenoxy) is 1. The van der Waals surface area contributed by atoms with Crippen LogP contribution in [-0.2, 0) is 21.2 Å². The Morgan fingerprint density at radius 3 is 2.80 bits per heavy atom. The van der Waals surface area contributed by atoms with Crippen LogP contribution in [-0.4, -0.2) is 50.9 Å². The van der Waals surface area contributed by atoms with Gasteiger partial charge in [0, 0.05) is 12.6 Å². The normalized spacial score (nSPS) is 21.2. The molecule has 1 amide bonds.